The smallest absolute Gasteiger partial charge is 0.167 e. The molecule has 1 fully saturated rings. The van der Waals surface area contributed by atoms with Gasteiger partial charge >= 0.3 is 0 Å². The molecule has 1 saturated heterocycles. The van der Waals surface area contributed by atoms with Crippen molar-refractivity contribution < 1.29 is 20.1 Å². The fourth-order valence-electron chi connectivity index (χ4n) is 2.89. The predicted octanol–water partition coefficient (Wildman–Crippen LogP) is -0.716. The van der Waals surface area contributed by atoms with Crippen LogP contribution in [0.5, 0.6) is 0 Å². The molecule has 2 aromatic rings. The number of fused-ring (bicyclic) bond motifs is 1. The van der Waals surface area contributed by atoms with Crippen LogP contribution in [0.2, 0.25) is 0 Å². The monoisotopic (exact) mass is 323 g/mol. The van der Waals surface area contributed by atoms with Crippen LogP contribution < -0.4 is 4.90 Å². The predicted molar refractivity (Wildman–Crippen MR) is 81.9 cm³/mol. The lowest BCUT2D eigenvalue weighted by Gasteiger charge is -2.20. The molecule has 0 amide bonds. The van der Waals surface area contributed by atoms with E-state index < -0.39 is 24.5 Å². The van der Waals surface area contributed by atoms with Gasteiger partial charge < -0.3 is 25.0 Å². The second kappa shape index (κ2) is 6.36. The van der Waals surface area contributed by atoms with Crippen LogP contribution in [0, 0.1) is 0 Å². The molecule has 1 aliphatic rings. The first-order chi connectivity index (χ1) is 11.1. The van der Waals surface area contributed by atoms with Gasteiger partial charge in [-0.05, 0) is 13.8 Å². The van der Waals surface area contributed by atoms with Gasteiger partial charge in [0.1, 0.15) is 24.6 Å². The summed E-state index contributed by atoms with van der Waals surface area (Å²) in [4.78, 5) is 14.9. The zero-order chi connectivity index (χ0) is 16.6. The van der Waals surface area contributed by atoms with Crippen molar-refractivity contribution in [2.45, 2.75) is 38.4 Å². The molecule has 4 atom stereocenters. The molecule has 2 aromatic heterocycles. The molecule has 3 N–H and O–H groups in total. The molecular weight excluding hydrogens is 302 g/mol. The maximum Gasteiger partial charge on any atom is 0.167 e. The number of aliphatic hydroxyl groups excluding tert-OH is 3. The van der Waals surface area contributed by atoms with Crippen LogP contribution in [-0.4, -0.2) is 72.8 Å². The van der Waals surface area contributed by atoms with Crippen molar-refractivity contribution in [3.8, 4) is 0 Å². The Kier molecular flexibility index (Phi) is 4.44. The molecule has 9 heteroatoms. The molecule has 0 aliphatic carbocycles. The van der Waals surface area contributed by atoms with E-state index >= 15 is 0 Å². The molecule has 3 rings (SSSR count). The largest absolute Gasteiger partial charge is 0.394 e. The molecule has 3 heterocycles. The lowest BCUT2D eigenvalue weighted by Crippen LogP contribution is -2.33. The van der Waals surface area contributed by atoms with Crippen LogP contribution in [0.15, 0.2) is 12.7 Å². The summed E-state index contributed by atoms with van der Waals surface area (Å²) in [5, 5.41) is 29.3. The number of anilines is 1. The van der Waals surface area contributed by atoms with E-state index in [4.69, 9.17) is 4.74 Å². The molecule has 0 saturated carbocycles. The van der Waals surface area contributed by atoms with Gasteiger partial charge in [-0.3, -0.25) is 4.57 Å². The zero-order valence-electron chi connectivity index (χ0n) is 13.1. The molecule has 1 aliphatic heterocycles. The second-order valence-electron chi connectivity index (χ2n) is 5.42. The zero-order valence-corrected chi connectivity index (χ0v) is 13.1. The minimum Gasteiger partial charge on any atom is -0.394 e. The average Bonchev–Trinajstić information content (AvgIpc) is 3.11. The van der Waals surface area contributed by atoms with Gasteiger partial charge in [-0.25, -0.2) is 15.0 Å². The van der Waals surface area contributed by atoms with Crippen molar-refractivity contribution in [2.24, 2.45) is 0 Å². The molecule has 0 bridgehead atoms. The van der Waals surface area contributed by atoms with Crippen LogP contribution in [0.1, 0.15) is 20.1 Å². The summed E-state index contributed by atoms with van der Waals surface area (Å²) >= 11 is 0. The Hall–Kier alpha value is -1.81. The Labute approximate surface area is 133 Å². The standard InChI is InChI=1S/C14H21N5O4/c1-3-18(4-2)12-9-13(16-6-15-12)19(7-17-9)14-11(22)10(21)8(5-20)23-14/h6-8,10-11,14,20-22H,3-5H2,1-2H3/t8-,10+,11+,14+/m0/s1. The number of hydrogen-bond acceptors (Lipinski definition) is 8. The van der Waals surface area contributed by atoms with Gasteiger partial charge in [0.2, 0.25) is 0 Å². The summed E-state index contributed by atoms with van der Waals surface area (Å²) in [5.74, 6) is 0.713. The summed E-state index contributed by atoms with van der Waals surface area (Å²) in [5.41, 5.74) is 1.12. The van der Waals surface area contributed by atoms with Crippen molar-refractivity contribution in [1.29, 1.82) is 0 Å². The third kappa shape index (κ3) is 2.55. The van der Waals surface area contributed by atoms with Crippen LogP contribution in [0.3, 0.4) is 0 Å². The topological polar surface area (TPSA) is 117 Å². The molecule has 0 aromatic carbocycles. The highest BCUT2D eigenvalue weighted by Gasteiger charge is 2.44. The van der Waals surface area contributed by atoms with Crippen LogP contribution in [0.4, 0.5) is 5.82 Å². The number of rotatable bonds is 5. The summed E-state index contributed by atoms with van der Waals surface area (Å²) in [6.45, 7) is 5.24. The first-order valence-electron chi connectivity index (χ1n) is 7.67. The minimum absolute atomic E-state index is 0.374. The molecular formula is C14H21N5O4. The summed E-state index contributed by atoms with van der Waals surface area (Å²) in [6, 6.07) is 0. The van der Waals surface area contributed by atoms with Crippen LogP contribution in [0.25, 0.3) is 11.2 Å². The number of aliphatic hydroxyl groups is 3. The number of aromatic nitrogens is 4. The number of imidazole rings is 1. The van der Waals surface area contributed by atoms with E-state index in [1.807, 2.05) is 13.8 Å². The van der Waals surface area contributed by atoms with E-state index in [1.54, 1.807) is 4.57 Å². The fraction of sp³-hybridized carbons (Fsp3) is 0.643. The Morgan fingerprint density at radius 3 is 2.52 bits per heavy atom. The molecule has 0 spiro atoms. The van der Waals surface area contributed by atoms with E-state index in [9.17, 15) is 15.3 Å². The van der Waals surface area contributed by atoms with Crippen molar-refractivity contribution >= 4 is 17.0 Å². The van der Waals surface area contributed by atoms with Crippen LogP contribution in [-0.2, 0) is 4.74 Å². The number of hydrogen-bond donors (Lipinski definition) is 3. The van der Waals surface area contributed by atoms with Gasteiger partial charge in [0, 0.05) is 13.1 Å². The maximum atomic E-state index is 10.2. The summed E-state index contributed by atoms with van der Waals surface area (Å²) in [6.07, 6.45) is -1.08. The Balaban J connectivity index is 2.02. The average molecular weight is 323 g/mol. The molecule has 126 valence electrons. The van der Waals surface area contributed by atoms with Crippen molar-refractivity contribution in [3.63, 3.8) is 0 Å². The van der Waals surface area contributed by atoms with Gasteiger partial charge in [0.15, 0.2) is 23.2 Å². The van der Waals surface area contributed by atoms with Gasteiger partial charge in [-0.1, -0.05) is 0 Å². The van der Waals surface area contributed by atoms with E-state index in [0.717, 1.165) is 13.1 Å². The van der Waals surface area contributed by atoms with E-state index in [2.05, 4.69) is 19.9 Å². The first-order valence-corrected chi connectivity index (χ1v) is 7.67. The van der Waals surface area contributed by atoms with E-state index in [-0.39, 0.29) is 6.61 Å². The Morgan fingerprint density at radius 1 is 1.17 bits per heavy atom. The Morgan fingerprint density at radius 2 is 1.91 bits per heavy atom. The van der Waals surface area contributed by atoms with Crippen molar-refractivity contribution in [2.75, 3.05) is 24.6 Å². The van der Waals surface area contributed by atoms with Gasteiger partial charge in [-0.15, -0.1) is 0 Å². The van der Waals surface area contributed by atoms with Crippen molar-refractivity contribution in [3.05, 3.63) is 12.7 Å². The number of nitrogens with zero attached hydrogens (tertiary/aromatic N) is 5. The quantitative estimate of drug-likeness (QED) is 0.660. The molecule has 0 radical (unpaired) electrons. The van der Waals surface area contributed by atoms with Gasteiger partial charge in [0.25, 0.3) is 0 Å². The fourth-order valence-corrected chi connectivity index (χ4v) is 2.89. The van der Waals surface area contributed by atoms with Crippen LogP contribution >= 0.6 is 0 Å². The maximum absolute atomic E-state index is 10.2. The minimum atomic E-state index is -1.17. The highest BCUT2D eigenvalue weighted by atomic mass is 16.6. The van der Waals surface area contributed by atoms with E-state index in [1.165, 1.54) is 12.7 Å². The summed E-state index contributed by atoms with van der Waals surface area (Å²) in [7, 11) is 0. The normalized spacial score (nSPS) is 27.7. The van der Waals surface area contributed by atoms with Crippen molar-refractivity contribution in [1.82, 2.24) is 19.5 Å². The molecule has 0 unspecified atom stereocenters. The molecule has 9 nitrogen and oxygen atoms in total. The lowest BCUT2D eigenvalue weighted by molar-refractivity contribution is -0.0511. The highest BCUT2D eigenvalue weighted by molar-refractivity contribution is 5.83. The Bertz CT molecular complexity index is 674. The molecule has 23 heavy (non-hydrogen) atoms. The third-order valence-corrected chi connectivity index (χ3v) is 4.19. The van der Waals surface area contributed by atoms with E-state index in [0.29, 0.717) is 17.0 Å². The van der Waals surface area contributed by atoms with Gasteiger partial charge in [0.05, 0.1) is 12.9 Å². The highest BCUT2D eigenvalue weighted by Crippen LogP contribution is 2.32. The number of ether oxygens (including phenoxy) is 1. The van der Waals surface area contributed by atoms with Gasteiger partial charge in [-0.2, -0.15) is 0 Å². The third-order valence-electron chi connectivity index (χ3n) is 4.19. The first kappa shape index (κ1) is 16.1. The lowest BCUT2D eigenvalue weighted by atomic mass is 10.1. The SMILES string of the molecule is CCN(CC)c1ncnc2c1ncn2[C@@H]1O[C@@H](CO)[C@@H](O)[C@H]1O. The summed E-state index contributed by atoms with van der Waals surface area (Å²) < 4.78 is 7.10. The second-order valence-corrected chi connectivity index (χ2v) is 5.42.